The van der Waals surface area contributed by atoms with Crippen LogP contribution in [0, 0.1) is 0 Å². The fourth-order valence-electron chi connectivity index (χ4n) is 1.70. The van der Waals surface area contributed by atoms with E-state index in [1.165, 1.54) is 0 Å². The zero-order chi connectivity index (χ0) is 12.3. The van der Waals surface area contributed by atoms with Crippen LogP contribution in [0.4, 0.5) is 17.2 Å². The number of aryl methyl sites for hydroxylation is 2. The van der Waals surface area contributed by atoms with Gasteiger partial charge in [0, 0.05) is 38.2 Å². The average Bonchev–Trinajstić information content (AvgIpc) is 2.69. The van der Waals surface area contributed by atoms with Gasteiger partial charge in [0.05, 0.1) is 11.4 Å². The predicted molar refractivity (Wildman–Crippen MR) is 69.7 cm³/mol. The normalized spacial score (nSPS) is 10.3. The molecule has 0 unspecified atom stereocenters. The Morgan fingerprint density at radius 3 is 2.94 bits per heavy atom. The van der Waals surface area contributed by atoms with E-state index in [1.54, 1.807) is 6.20 Å². The van der Waals surface area contributed by atoms with E-state index in [1.807, 2.05) is 37.1 Å². The minimum absolute atomic E-state index is 0.844. The smallest absolute Gasteiger partial charge is 0.127 e. The molecule has 0 atom stereocenters. The van der Waals surface area contributed by atoms with Crippen molar-refractivity contribution in [3.05, 3.63) is 30.2 Å². The lowest BCUT2D eigenvalue weighted by Crippen LogP contribution is -1.96. The van der Waals surface area contributed by atoms with E-state index in [0.717, 1.165) is 29.3 Å². The first kappa shape index (κ1) is 11.4. The molecule has 0 saturated carbocycles. The number of rotatable bonds is 4. The molecule has 2 heterocycles. The van der Waals surface area contributed by atoms with Gasteiger partial charge in [-0.1, -0.05) is 6.92 Å². The van der Waals surface area contributed by atoms with Crippen molar-refractivity contribution in [2.75, 3.05) is 17.7 Å². The highest BCUT2D eigenvalue weighted by Gasteiger charge is 2.06. The molecule has 0 saturated heterocycles. The molecule has 0 aliphatic carbocycles. The van der Waals surface area contributed by atoms with Crippen LogP contribution in [0.3, 0.4) is 0 Å². The maximum Gasteiger partial charge on any atom is 0.127 e. The summed E-state index contributed by atoms with van der Waals surface area (Å²) in [4.78, 5) is 4.18. The number of anilines is 3. The SMILES string of the molecule is CCc1nn(C)cc1Nc1ccnc(NC)c1. The van der Waals surface area contributed by atoms with Crippen LogP contribution in [0.15, 0.2) is 24.5 Å². The number of hydrogen-bond donors (Lipinski definition) is 2. The molecule has 5 nitrogen and oxygen atoms in total. The van der Waals surface area contributed by atoms with E-state index in [9.17, 15) is 0 Å². The second-order valence-corrected chi connectivity index (χ2v) is 3.82. The molecule has 0 bridgehead atoms. The molecule has 0 aliphatic heterocycles. The molecule has 2 rings (SSSR count). The van der Waals surface area contributed by atoms with Crippen LogP contribution in [0.5, 0.6) is 0 Å². The van der Waals surface area contributed by atoms with Crippen molar-refractivity contribution in [3.63, 3.8) is 0 Å². The van der Waals surface area contributed by atoms with Gasteiger partial charge in [0.15, 0.2) is 0 Å². The second kappa shape index (κ2) is 4.86. The molecule has 0 fully saturated rings. The van der Waals surface area contributed by atoms with Crippen molar-refractivity contribution in [2.45, 2.75) is 13.3 Å². The van der Waals surface area contributed by atoms with E-state index in [4.69, 9.17) is 0 Å². The van der Waals surface area contributed by atoms with E-state index in [0.29, 0.717) is 0 Å². The maximum absolute atomic E-state index is 4.39. The lowest BCUT2D eigenvalue weighted by molar-refractivity contribution is 0.746. The lowest BCUT2D eigenvalue weighted by atomic mass is 10.3. The third kappa shape index (κ3) is 2.55. The number of hydrogen-bond acceptors (Lipinski definition) is 4. The number of pyridine rings is 1. The summed E-state index contributed by atoms with van der Waals surface area (Å²) in [5.74, 6) is 0.844. The quantitative estimate of drug-likeness (QED) is 0.846. The van der Waals surface area contributed by atoms with E-state index < -0.39 is 0 Å². The van der Waals surface area contributed by atoms with Crippen molar-refractivity contribution in [2.24, 2.45) is 7.05 Å². The molecule has 0 aromatic carbocycles. The van der Waals surface area contributed by atoms with Gasteiger partial charge >= 0.3 is 0 Å². The third-order valence-corrected chi connectivity index (χ3v) is 2.54. The highest BCUT2D eigenvalue weighted by molar-refractivity contribution is 5.63. The molecule has 90 valence electrons. The Balaban J connectivity index is 2.24. The summed E-state index contributed by atoms with van der Waals surface area (Å²) in [5.41, 5.74) is 3.12. The van der Waals surface area contributed by atoms with Crippen LogP contribution in [0.25, 0.3) is 0 Å². The minimum atomic E-state index is 0.844. The first-order chi connectivity index (χ1) is 8.22. The van der Waals surface area contributed by atoms with Gasteiger partial charge in [0.1, 0.15) is 5.82 Å². The Kier molecular flexibility index (Phi) is 3.27. The highest BCUT2D eigenvalue weighted by Crippen LogP contribution is 2.21. The Bertz CT molecular complexity index is 503. The minimum Gasteiger partial charge on any atom is -0.373 e. The van der Waals surface area contributed by atoms with Crippen LogP contribution in [-0.2, 0) is 13.5 Å². The summed E-state index contributed by atoms with van der Waals surface area (Å²) in [6, 6.07) is 3.90. The van der Waals surface area contributed by atoms with Crippen LogP contribution in [0.2, 0.25) is 0 Å². The Morgan fingerprint density at radius 2 is 2.24 bits per heavy atom. The molecular weight excluding hydrogens is 214 g/mol. The van der Waals surface area contributed by atoms with Gasteiger partial charge in [-0.3, -0.25) is 4.68 Å². The zero-order valence-electron chi connectivity index (χ0n) is 10.4. The van der Waals surface area contributed by atoms with E-state index >= 15 is 0 Å². The van der Waals surface area contributed by atoms with Gasteiger partial charge in [0.2, 0.25) is 0 Å². The Morgan fingerprint density at radius 1 is 1.41 bits per heavy atom. The molecule has 2 N–H and O–H groups in total. The topological polar surface area (TPSA) is 54.8 Å². The summed E-state index contributed by atoms with van der Waals surface area (Å²) in [7, 11) is 3.78. The standard InChI is InChI=1S/C12H17N5/c1-4-10-11(8-17(3)16-10)15-9-5-6-14-12(7-9)13-2/h5-8H,4H2,1-3H3,(H2,13,14,15). The summed E-state index contributed by atoms with van der Waals surface area (Å²) in [5, 5.41) is 10.8. The zero-order valence-corrected chi connectivity index (χ0v) is 10.4. The Labute approximate surface area is 101 Å². The lowest BCUT2D eigenvalue weighted by Gasteiger charge is -2.06. The molecule has 0 radical (unpaired) electrons. The molecular formula is C12H17N5. The first-order valence-corrected chi connectivity index (χ1v) is 5.66. The van der Waals surface area contributed by atoms with E-state index in [2.05, 4.69) is 27.6 Å². The number of nitrogens with one attached hydrogen (secondary N) is 2. The number of nitrogens with zero attached hydrogens (tertiary/aromatic N) is 3. The summed E-state index contributed by atoms with van der Waals surface area (Å²) >= 11 is 0. The van der Waals surface area contributed by atoms with Crippen molar-refractivity contribution >= 4 is 17.2 Å². The molecule has 2 aromatic heterocycles. The number of aromatic nitrogens is 3. The van der Waals surface area contributed by atoms with Gasteiger partial charge in [-0.15, -0.1) is 0 Å². The summed E-state index contributed by atoms with van der Waals surface area (Å²) in [6.07, 6.45) is 4.67. The summed E-state index contributed by atoms with van der Waals surface area (Å²) in [6.45, 7) is 2.10. The van der Waals surface area contributed by atoms with Crippen LogP contribution in [0.1, 0.15) is 12.6 Å². The van der Waals surface area contributed by atoms with Gasteiger partial charge in [-0.2, -0.15) is 5.10 Å². The molecule has 0 amide bonds. The fourth-order valence-corrected chi connectivity index (χ4v) is 1.70. The largest absolute Gasteiger partial charge is 0.373 e. The molecule has 0 spiro atoms. The van der Waals surface area contributed by atoms with Crippen LogP contribution < -0.4 is 10.6 Å². The molecule has 0 aliphatic rings. The maximum atomic E-state index is 4.39. The monoisotopic (exact) mass is 231 g/mol. The highest BCUT2D eigenvalue weighted by atomic mass is 15.3. The van der Waals surface area contributed by atoms with Gasteiger partial charge in [-0.25, -0.2) is 4.98 Å². The van der Waals surface area contributed by atoms with Gasteiger partial charge < -0.3 is 10.6 Å². The first-order valence-electron chi connectivity index (χ1n) is 5.66. The third-order valence-electron chi connectivity index (χ3n) is 2.54. The van der Waals surface area contributed by atoms with Crippen molar-refractivity contribution in [3.8, 4) is 0 Å². The summed E-state index contributed by atoms with van der Waals surface area (Å²) < 4.78 is 1.82. The average molecular weight is 231 g/mol. The fraction of sp³-hybridized carbons (Fsp3) is 0.333. The molecule has 2 aromatic rings. The van der Waals surface area contributed by atoms with Crippen molar-refractivity contribution in [1.82, 2.24) is 14.8 Å². The van der Waals surface area contributed by atoms with Crippen molar-refractivity contribution < 1.29 is 0 Å². The van der Waals surface area contributed by atoms with Crippen LogP contribution in [-0.4, -0.2) is 21.8 Å². The second-order valence-electron chi connectivity index (χ2n) is 3.82. The predicted octanol–water partition coefficient (Wildman–Crippen LogP) is 2.16. The van der Waals surface area contributed by atoms with Crippen LogP contribution >= 0.6 is 0 Å². The van der Waals surface area contributed by atoms with Gasteiger partial charge in [0.25, 0.3) is 0 Å². The molecule has 17 heavy (non-hydrogen) atoms. The Hall–Kier alpha value is -2.04. The van der Waals surface area contributed by atoms with E-state index in [-0.39, 0.29) is 0 Å². The molecule has 5 heteroatoms. The van der Waals surface area contributed by atoms with Crippen molar-refractivity contribution in [1.29, 1.82) is 0 Å². The van der Waals surface area contributed by atoms with Gasteiger partial charge in [-0.05, 0) is 12.5 Å².